The first kappa shape index (κ1) is 26.4. The number of nitrogens with zero attached hydrogens (tertiary/aromatic N) is 3. The lowest BCUT2D eigenvalue weighted by Crippen LogP contribution is -2.59. The minimum absolute atomic E-state index is 0.117. The summed E-state index contributed by atoms with van der Waals surface area (Å²) in [5, 5.41) is 3.95. The summed E-state index contributed by atoms with van der Waals surface area (Å²) in [7, 11) is -0.0822. The van der Waals surface area contributed by atoms with Gasteiger partial charge in [0.15, 0.2) is 5.44 Å². The van der Waals surface area contributed by atoms with Gasteiger partial charge in [-0.2, -0.15) is 0 Å². The van der Waals surface area contributed by atoms with Crippen molar-refractivity contribution in [2.75, 3.05) is 7.11 Å². The maximum absolute atomic E-state index is 13.6. The van der Waals surface area contributed by atoms with E-state index < -0.39 is 46.6 Å². The molecule has 6 atom stereocenters. The molecule has 0 spiro atoms. The smallest absolute Gasteiger partial charge is 0.338 e. The Labute approximate surface area is 217 Å². The van der Waals surface area contributed by atoms with Gasteiger partial charge in [-0.1, -0.05) is 53.6 Å². The number of esters is 1. The van der Waals surface area contributed by atoms with Gasteiger partial charge in [-0.3, -0.25) is 4.21 Å². The van der Waals surface area contributed by atoms with Crippen molar-refractivity contribution in [1.82, 2.24) is 0 Å². The molecule has 1 aliphatic rings. The highest BCUT2D eigenvalue weighted by Gasteiger charge is 2.49. The third kappa shape index (κ3) is 6.36. The van der Waals surface area contributed by atoms with Crippen molar-refractivity contribution < 1.29 is 28.0 Å². The highest BCUT2D eigenvalue weighted by molar-refractivity contribution is 7.85. The fourth-order valence-electron chi connectivity index (χ4n) is 4.07. The lowest BCUT2D eigenvalue weighted by Gasteiger charge is -2.43. The van der Waals surface area contributed by atoms with Crippen LogP contribution in [0.2, 0.25) is 0 Å². The molecular formula is C27H27N3O6S. The molecule has 192 valence electrons. The third-order valence-electron chi connectivity index (χ3n) is 5.98. The Morgan fingerprint density at radius 1 is 1.00 bits per heavy atom. The van der Waals surface area contributed by atoms with Gasteiger partial charge in [0.1, 0.15) is 24.0 Å². The summed E-state index contributed by atoms with van der Waals surface area (Å²) in [6, 6.07) is 23.6. The van der Waals surface area contributed by atoms with Gasteiger partial charge in [0, 0.05) is 9.81 Å². The zero-order valence-electron chi connectivity index (χ0n) is 20.4. The number of carbonyl (C=O) groups excluding carboxylic acids is 1. The highest BCUT2D eigenvalue weighted by atomic mass is 32.2. The molecule has 0 bridgehead atoms. The molecule has 3 aromatic rings. The molecular weight excluding hydrogens is 494 g/mol. The molecule has 4 rings (SSSR count). The molecule has 3 aromatic carbocycles. The normalized spacial score (nSPS) is 23.9. The minimum Gasteiger partial charge on any atom is -0.497 e. The predicted molar refractivity (Wildman–Crippen MR) is 137 cm³/mol. The summed E-state index contributed by atoms with van der Waals surface area (Å²) in [6.07, 6.45) is -2.65. The molecule has 0 saturated carbocycles. The number of benzene rings is 3. The molecule has 9 nitrogen and oxygen atoms in total. The van der Waals surface area contributed by atoms with Gasteiger partial charge in [0.25, 0.3) is 0 Å². The van der Waals surface area contributed by atoms with Crippen LogP contribution in [0.5, 0.6) is 5.75 Å². The number of hydrogen-bond acceptors (Lipinski definition) is 7. The van der Waals surface area contributed by atoms with E-state index in [1.54, 1.807) is 80.8 Å². The first-order valence-corrected chi connectivity index (χ1v) is 12.9. The largest absolute Gasteiger partial charge is 0.497 e. The number of rotatable bonds is 9. The van der Waals surface area contributed by atoms with Crippen LogP contribution in [0.25, 0.3) is 10.4 Å². The Balaban J connectivity index is 1.64. The maximum atomic E-state index is 13.6. The average molecular weight is 522 g/mol. The van der Waals surface area contributed by atoms with E-state index in [1.165, 1.54) is 0 Å². The molecule has 1 heterocycles. The van der Waals surface area contributed by atoms with E-state index in [0.717, 1.165) is 5.56 Å². The van der Waals surface area contributed by atoms with E-state index in [-0.39, 0.29) is 6.61 Å². The summed E-state index contributed by atoms with van der Waals surface area (Å²) in [5.74, 6) is 0.109. The second kappa shape index (κ2) is 12.5. The fourth-order valence-corrected chi connectivity index (χ4v) is 5.52. The Kier molecular flexibility index (Phi) is 8.92. The SMILES string of the molecule is COc1ccc(CO[C@@H]2[C@@H](N=[N+]=[N-])[C@@H](OC(=O)c3ccccc3)[C@@H](C)O[C@H]2S(=O)c2ccccc2)cc1. The van der Waals surface area contributed by atoms with Crippen molar-refractivity contribution in [2.45, 2.75) is 48.2 Å². The van der Waals surface area contributed by atoms with Gasteiger partial charge in [-0.15, -0.1) is 0 Å². The van der Waals surface area contributed by atoms with E-state index in [4.69, 9.17) is 18.9 Å². The van der Waals surface area contributed by atoms with Gasteiger partial charge in [-0.25, -0.2) is 4.79 Å². The monoisotopic (exact) mass is 521 g/mol. The number of carbonyl (C=O) groups is 1. The van der Waals surface area contributed by atoms with Crippen molar-refractivity contribution in [3.8, 4) is 5.75 Å². The van der Waals surface area contributed by atoms with Crippen LogP contribution in [0, 0.1) is 0 Å². The summed E-state index contributed by atoms with van der Waals surface area (Å²) < 4.78 is 37.0. The molecule has 0 aromatic heterocycles. The van der Waals surface area contributed by atoms with Crippen LogP contribution in [0.1, 0.15) is 22.8 Å². The van der Waals surface area contributed by atoms with Crippen molar-refractivity contribution in [2.24, 2.45) is 5.11 Å². The fraction of sp³-hybridized carbons (Fsp3) is 0.296. The van der Waals surface area contributed by atoms with Crippen LogP contribution in [-0.2, 0) is 31.6 Å². The molecule has 37 heavy (non-hydrogen) atoms. The van der Waals surface area contributed by atoms with Gasteiger partial charge < -0.3 is 18.9 Å². The Morgan fingerprint density at radius 2 is 1.65 bits per heavy atom. The lowest BCUT2D eigenvalue weighted by molar-refractivity contribution is -0.165. The predicted octanol–water partition coefficient (Wildman–Crippen LogP) is 5.04. The van der Waals surface area contributed by atoms with Gasteiger partial charge >= 0.3 is 5.97 Å². The number of methoxy groups -OCH3 is 1. The Bertz CT molecular complexity index is 1250. The molecule has 0 N–H and O–H groups in total. The van der Waals surface area contributed by atoms with Gasteiger partial charge in [-0.05, 0) is 54.4 Å². The number of ether oxygens (including phenoxy) is 4. The molecule has 0 amide bonds. The Hall–Kier alpha value is -3.69. The van der Waals surface area contributed by atoms with Crippen molar-refractivity contribution in [1.29, 1.82) is 0 Å². The van der Waals surface area contributed by atoms with Crippen LogP contribution >= 0.6 is 0 Å². The molecule has 1 aliphatic heterocycles. The molecule has 10 heteroatoms. The highest BCUT2D eigenvalue weighted by Crippen LogP contribution is 2.33. The zero-order valence-corrected chi connectivity index (χ0v) is 21.2. The maximum Gasteiger partial charge on any atom is 0.338 e. The number of azide groups is 1. The summed E-state index contributed by atoms with van der Waals surface area (Å²) in [6.45, 7) is 1.81. The van der Waals surface area contributed by atoms with Crippen LogP contribution in [0.15, 0.2) is 94.9 Å². The second-order valence-electron chi connectivity index (χ2n) is 8.38. The van der Waals surface area contributed by atoms with Crippen molar-refractivity contribution in [3.05, 3.63) is 106 Å². The molecule has 1 unspecified atom stereocenters. The minimum atomic E-state index is -1.66. The first-order valence-electron chi connectivity index (χ1n) is 11.7. The van der Waals surface area contributed by atoms with E-state index in [0.29, 0.717) is 16.2 Å². The molecule has 0 aliphatic carbocycles. The zero-order chi connectivity index (χ0) is 26.2. The second-order valence-corrected chi connectivity index (χ2v) is 9.91. The summed E-state index contributed by atoms with van der Waals surface area (Å²) >= 11 is 0. The van der Waals surface area contributed by atoms with Gasteiger partial charge in [0.05, 0.1) is 36.2 Å². The van der Waals surface area contributed by atoms with Crippen LogP contribution in [-0.4, -0.2) is 47.1 Å². The van der Waals surface area contributed by atoms with Crippen molar-refractivity contribution in [3.63, 3.8) is 0 Å². The van der Waals surface area contributed by atoms with E-state index >= 15 is 0 Å². The van der Waals surface area contributed by atoms with Crippen LogP contribution in [0.3, 0.4) is 0 Å². The van der Waals surface area contributed by atoms with Gasteiger partial charge in [0.2, 0.25) is 0 Å². The van der Waals surface area contributed by atoms with E-state index in [2.05, 4.69) is 10.0 Å². The van der Waals surface area contributed by atoms with E-state index in [9.17, 15) is 14.5 Å². The third-order valence-corrected chi connectivity index (χ3v) is 7.52. The van der Waals surface area contributed by atoms with Crippen LogP contribution < -0.4 is 4.74 Å². The molecule has 0 radical (unpaired) electrons. The quantitative estimate of drug-likeness (QED) is 0.168. The Morgan fingerprint density at radius 3 is 2.27 bits per heavy atom. The molecule has 1 fully saturated rings. The van der Waals surface area contributed by atoms with Crippen LogP contribution in [0.4, 0.5) is 0 Å². The van der Waals surface area contributed by atoms with Crippen molar-refractivity contribution >= 4 is 16.8 Å². The van der Waals surface area contributed by atoms with E-state index in [1.807, 2.05) is 18.2 Å². The average Bonchev–Trinajstić information content (AvgIpc) is 2.95. The topological polar surface area (TPSA) is 120 Å². The summed E-state index contributed by atoms with van der Waals surface area (Å²) in [5.41, 5.74) is 9.60. The standard InChI is InChI=1S/C27H27N3O6S/c1-18-24(36-26(31)20-9-5-3-6-10-20)23(29-30-28)25(34-17-19-13-15-21(33-2)16-14-19)27(35-18)37(32)22-11-7-4-8-12-22/h3-16,18,23-25,27H,17H2,1-2H3/t18-,23+,24+,25-,27+,37?/m1/s1. The number of hydrogen-bond donors (Lipinski definition) is 0. The lowest BCUT2D eigenvalue weighted by atomic mass is 9.98. The summed E-state index contributed by atoms with van der Waals surface area (Å²) in [4.78, 5) is 16.4. The molecule has 1 saturated heterocycles. The first-order chi connectivity index (χ1) is 18.0.